The van der Waals surface area contributed by atoms with Gasteiger partial charge in [-0.15, -0.1) is 0 Å². The maximum absolute atomic E-state index is 13.6. The predicted octanol–water partition coefficient (Wildman–Crippen LogP) is 6.32. The molecule has 0 saturated carbocycles. The molecular formula is C28H31F3N4O2. The van der Waals surface area contributed by atoms with Crippen molar-refractivity contribution in [2.45, 2.75) is 58.2 Å². The van der Waals surface area contributed by atoms with E-state index in [4.69, 9.17) is 0 Å². The van der Waals surface area contributed by atoms with Crippen LogP contribution in [0, 0.1) is 0 Å². The van der Waals surface area contributed by atoms with Crippen LogP contribution in [0.25, 0.3) is 0 Å². The van der Waals surface area contributed by atoms with Gasteiger partial charge < -0.3 is 14.8 Å². The SMILES string of the molecule is CCc1ccc(C(=O)Nc2ccc(C3CCN(C(=O)c4cn(C(C)C)cc4C(F)(F)F)CC3)cc2)cn1. The number of hydrogen-bond acceptors (Lipinski definition) is 3. The van der Waals surface area contributed by atoms with Gasteiger partial charge in [0.25, 0.3) is 11.8 Å². The largest absolute Gasteiger partial charge is 0.418 e. The van der Waals surface area contributed by atoms with Crippen LogP contribution >= 0.6 is 0 Å². The first-order valence-electron chi connectivity index (χ1n) is 12.5. The minimum absolute atomic E-state index is 0.181. The number of rotatable bonds is 6. The van der Waals surface area contributed by atoms with Crippen molar-refractivity contribution in [1.82, 2.24) is 14.5 Å². The summed E-state index contributed by atoms with van der Waals surface area (Å²) in [6, 6.07) is 11.0. The van der Waals surface area contributed by atoms with E-state index in [-0.39, 0.29) is 23.4 Å². The molecule has 0 unspecified atom stereocenters. The molecule has 3 heterocycles. The van der Waals surface area contributed by atoms with Gasteiger partial charge in [0.2, 0.25) is 0 Å². The van der Waals surface area contributed by atoms with Crippen LogP contribution in [0.2, 0.25) is 0 Å². The van der Waals surface area contributed by atoms with Crippen molar-refractivity contribution in [3.8, 4) is 0 Å². The van der Waals surface area contributed by atoms with E-state index in [1.54, 1.807) is 26.1 Å². The lowest BCUT2D eigenvalue weighted by Crippen LogP contribution is -2.38. The maximum atomic E-state index is 13.6. The van der Waals surface area contributed by atoms with Crippen LogP contribution in [0.15, 0.2) is 55.0 Å². The number of piperidine rings is 1. The highest BCUT2D eigenvalue weighted by Crippen LogP contribution is 2.35. The summed E-state index contributed by atoms with van der Waals surface area (Å²) in [5, 5.41) is 2.87. The van der Waals surface area contributed by atoms with E-state index in [0.717, 1.165) is 23.9 Å². The third-order valence-corrected chi connectivity index (χ3v) is 6.85. The number of amides is 2. The van der Waals surface area contributed by atoms with E-state index < -0.39 is 17.6 Å². The predicted molar refractivity (Wildman–Crippen MR) is 136 cm³/mol. The summed E-state index contributed by atoms with van der Waals surface area (Å²) in [5.74, 6) is -0.633. The van der Waals surface area contributed by atoms with E-state index >= 15 is 0 Å². The molecule has 0 atom stereocenters. The molecule has 1 aromatic carbocycles. The fourth-order valence-corrected chi connectivity index (χ4v) is 4.57. The van der Waals surface area contributed by atoms with Crippen molar-refractivity contribution in [2.75, 3.05) is 18.4 Å². The molecule has 4 rings (SSSR count). The Kier molecular flexibility index (Phi) is 7.71. The highest BCUT2D eigenvalue weighted by molar-refractivity contribution is 6.04. The van der Waals surface area contributed by atoms with Crippen molar-refractivity contribution >= 4 is 17.5 Å². The van der Waals surface area contributed by atoms with Crippen LogP contribution < -0.4 is 5.32 Å². The van der Waals surface area contributed by atoms with Crippen LogP contribution in [0.4, 0.5) is 18.9 Å². The number of carbonyl (C=O) groups is 2. The first-order valence-corrected chi connectivity index (χ1v) is 12.5. The van der Waals surface area contributed by atoms with Gasteiger partial charge in [0.15, 0.2) is 0 Å². The Balaban J connectivity index is 1.37. The number of likely N-dealkylation sites (tertiary alicyclic amines) is 1. The average molecular weight is 513 g/mol. The molecule has 0 bridgehead atoms. The van der Waals surface area contributed by atoms with E-state index in [2.05, 4.69) is 10.3 Å². The lowest BCUT2D eigenvalue weighted by atomic mass is 9.89. The summed E-state index contributed by atoms with van der Waals surface area (Å²) in [5.41, 5.74) is 1.96. The number of benzene rings is 1. The summed E-state index contributed by atoms with van der Waals surface area (Å²) in [6.45, 7) is 6.31. The van der Waals surface area contributed by atoms with Crippen LogP contribution in [-0.2, 0) is 12.6 Å². The Morgan fingerprint density at radius 1 is 1.05 bits per heavy atom. The van der Waals surface area contributed by atoms with Crippen LogP contribution in [0.1, 0.15) is 83.1 Å². The summed E-state index contributed by atoms with van der Waals surface area (Å²) in [4.78, 5) is 31.3. The standard InChI is InChI=1S/C28H31F3N4O2/c1-4-22-8-7-21(15-32-22)26(36)33-23-9-5-19(6-10-23)20-11-13-34(14-12-20)27(37)24-16-35(18(2)3)17-25(24)28(29,30)31/h5-10,15-18,20H,4,11-14H2,1-3H3,(H,33,36). The van der Waals surface area contributed by atoms with Crippen molar-refractivity contribution in [3.63, 3.8) is 0 Å². The molecule has 37 heavy (non-hydrogen) atoms. The number of nitrogens with one attached hydrogen (secondary N) is 1. The zero-order chi connectivity index (χ0) is 26.7. The Bertz CT molecular complexity index is 1240. The molecule has 1 aliphatic rings. The molecule has 3 aromatic rings. The smallest absolute Gasteiger partial charge is 0.350 e. The third-order valence-electron chi connectivity index (χ3n) is 6.85. The second-order valence-electron chi connectivity index (χ2n) is 9.66. The zero-order valence-electron chi connectivity index (χ0n) is 21.2. The number of aromatic nitrogens is 2. The first-order chi connectivity index (χ1) is 17.6. The minimum Gasteiger partial charge on any atom is -0.350 e. The highest BCUT2D eigenvalue weighted by atomic mass is 19.4. The normalized spacial score (nSPS) is 14.7. The minimum atomic E-state index is -4.59. The summed E-state index contributed by atoms with van der Waals surface area (Å²) < 4.78 is 42.1. The molecular weight excluding hydrogens is 481 g/mol. The zero-order valence-corrected chi connectivity index (χ0v) is 21.2. The molecule has 1 saturated heterocycles. The second kappa shape index (κ2) is 10.8. The van der Waals surface area contributed by atoms with Crippen LogP contribution in [0.3, 0.4) is 0 Å². The van der Waals surface area contributed by atoms with E-state index in [9.17, 15) is 22.8 Å². The Morgan fingerprint density at radius 2 is 1.73 bits per heavy atom. The quantitative estimate of drug-likeness (QED) is 0.421. The van der Waals surface area contributed by atoms with Crippen molar-refractivity contribution in [3.05, 3.63) is 82.9 Å². The van der Waals surface area contributed by atoms with Gasteiger partial charge in [-0.2, -0.15) is 13.2 Å². The van der Waals surface area contributed by atoms with E-state index in [1.807, 2.05) is 37.3 Å². The first kappa shape index (κ1) is 26.4. The van der Waals surface area contributed by atoms with E-state index in [0.29, 0.717) is 37.2 Å². The molecule has 1 N–H and O–H groups in total. The Morgan fingerprint density at radius 3 is 2.27 bits per heavy atom. The molecule has 1 fully saturated rings. The average Bonchev–Trinajstić information content (AvgIpc) is 3.36. The highest BCUT2D eigenvalue weighted by Gasteiger charge is 2.38. The summed E-state index contributed by atoms with van der Waals surface area (Å²) in [6.07, 6.45) is 1.41. The van der Waals surface area contributed by atoms with Gasteiger partial charge in [-0.05, 0) is 68.9 Å². The topological polar surface area (TPSA) is 67.2 Å². The number of anilines is 1. The Hall–Kier alpha value is -3.62. The molecule has 0 spiro atoms. The fraction of sp³-hybridized carbons (Fsp3) is 0.393. The lowest BCUT2D eigenvalue weighted by Gasteiger charge is -2.32. The van der Waals surface area contributed by atoms with Crippen LogP contribution in [-0.4, -0.2) is 39.4 Å². The van der Waals surface area contributed by atoms with Gasteiger partial charge in [-0.1, -0.05) is 19.1 Å². The summed E-state index contributed by atoms with van der Waals surface area (Å²) >= 11 is 0. The molecule has 1 aliphatic heterocycles. The van der Waals surface area contributed by atoms with Crippen molar-refractivity contribution < 1.29 is 22.8 Å². The van der Waals surface area contributed by atoms with Gasteiger partial charge in [-0.3, -0.25) is 14.6 Å². The van der Waals surface area contributed by atoms with E-state index in [1.165, 1.54) is 15.7 Å². The van der Waals surface area contributed by atoms with Crippen molar-refractivity contribution in [1.29, 1.82) is 0 Å². The van der Waals surface area contributed by atoms with Gasteiger partial charge >= 0.3 is 6.18 Å². The number of nitrogens with zero attached hydrogens (tertiary/aromatic N) is 3. The summed E-state index contributed by atoms with van der Waals surface area (Å²) in [7, 11) is 0. The van der Waals surface area contributed by atoms with Crippen molar-refractivity contribution in [2.24, 2.45) is 0 Å². The number of pyridine rings is 1. The molecule has 0 aliphatic carbocycles. The molecule has 2 aromatic heterocycles. The number of carbonyl (C=O) groups excluding carboxylic acids is 2. The molecule has 0 radical (unpaired) electrons. The maximum Gasteiger partial charge on any atom is 0.418 e. The fourth-order valence-electron chi connectivity index (χ4n) is 4.57. The number of hydrogen-bond donors (Lipinski definition) is 1. The van der Waals surface area contributed by atoms with Gasteiger partial charge in [0, 0.05) is 49.1 Å². The van der Waals surface area contributed by atoms with Gasteiger partial charge in [0.1, 0.15) is 0 Å². The van der Waals surface area contributed by atoms with Crippen LogP contribution in [0.5, 0.6) is 0 Å². The molecule has 9 heteroatoms. The number of aryl methyl sites for hydroxylation is 1. The second-order valence-corrected chi connectivity index (χ2v) is 9.66. The monoisotopic (exact) mass is 512 g/mol. The third kappa shape index (κ3) is 6.03. The van der Waals surface area contributed by atoms with Gasteiger partial charge in [-0.25, -0.2) is 0 Å². The molecule has 6 nitrogen and oxygen atoms in total. The Labute approximate surface area is 214 Å². The number of halogens is 3. The molecule has 196 valence electrons. The lowest BCUT2D eigenvalue weighted by molar-refractivity contribution is -0.138. The molecule has 2 amide bonds. The van der Waals surface area contributed by atoms with Gasteiger partial charge in [0.05, 0.1) is 16.7 Å². The number of alkyl halides is 3.